The number of nitrogens with two attached hydrogens (primary N) is 1. The third-order valence-corrected chi connectivity index (χ3v) is 3.20. The lowest BCUT2D eigenvalue weighted by atomic mass is 9.85. The molecule has 2 heteroatoms. The molecule has 0 aliphatic heterocycles. The van der Waals surface area contributed by atoms with Crippen LogP contribution >= 0.6 is 0 Å². The second-order valence-electron chi connectivity index (χ2n) is 5.20. The van der Waals surface area contributed by atoms with E-state index in [2.05, 4.69) is 25.8 Å². The van der Waals surface area contributed by atoms with E-state index < -0.39 is 0 Å². The predicted molar refractivity (Wildman–Crippen MR) is 57.7 cm³/mol. The van der Waals surface area contributed by atoms with Gasteiger partial charge in [0.15, 0.2) is 0 Å². The molecule has 0 aromatic heterocycles. The van der Waals surface area contributed by atoms with E-state index >= 15 is 0 Å². The first-order valence-electron chi connectivity index (χ1n) is 5.45. The summed E-state index contributed by atoms with van der Waals surface area (Å²) in [6, 6.07) is 0.858. The van der Waals surface area contributed by atoms with Crippen molar-refractivity contribution < 1.29 is 0 Å². The molecule has 13 heavy (non-hydrogen) atoms. The van der Waals surface area contributed by atoms with Gasteiger partial charge in [-0.25, -0.2) is 0 Å². The highest BCUT2D eigenvalue weighted by Crippen LogP contribution is 2.28. The molecule has 0 aromatic rings. The van der Waals surface area contributed by atoms with Gasteiger partial charge in [-0.2, -0.15) is 0 Å². The van der Waals surface area contributed by atoms with Crippen molar-refractivity contribution in [1.82, 2.24) is 4.90 Å². The van der Waals surface area contributed by atoms with E-state index in [-0.39, 0.29) is 0 Å². The van der Waals surface area contributed by atoms with Gasteiger partial charge in [0.2, 0.25) is 0 Å². The average Bonchev–Trinajstić information content (AvgIpc) is 1.79. The lowest BCUT2D eigenvalue weighted by Gasteiger charge is -2.39. The van der Waals surface area contributed by atoms with Crippen molar-refractivity contribution in [3.63, 3.8) is 0 Å². The van der Waals surface area contributed by atoms with Crippen molar-refractivity contribution in [3.8, 4) is 0 Å². The topological polar surface area (TPSA) is 29.3 Å². The highest BCUT2D eigenvalue weighted by molar-refractivity contribution is 4.82. The fourth-order valence-electron chi connectivity index (χ4n) is 2.10. The molecule has 0 spiro atoms. The number of hydrogen-bond acceptors (Lipinski definition) is 2. The largest absolute Gasteiger partial charge is 0.330 e. The fraction of sp³-hybridized carbons (Fsp3) is 1.00. The number of rotatable bonds is 5. The normalized spacial score (nSPS) is 19.2. The van der Waals surface area contributed by atoms with Gasteiger partial charge < -0.3 is 10.6 Å². The maximum atomic E-state index is 5.59. The number of nitrogens with zero attached hydrogens (tertiary/aromatic N) is 1. The van der Waals surface area contributed by atoms with E-state index in [1.165, 1.54) is 25.8 Å². The van der Waals surface area contributed by atoms with Gasteiger partial charge in [0.1, 0.15) is 0 Å². The lowest BCUT2D eigenvalue weighted by Crippen LogP contribution is -2.42. The molecule has 2 N–H and O–H groups in total. The molecule has 78 valence electrons. The molecule has 0 amide bonds. The zero-order valence-electron chi connectivity index (χ0n) is 9.34. The zero-order valence-corrected chi connectivity index (χ0v) is 9.34. The van der Waals surface area contributed by atoms with Gasteiger partial charge in [0, 0.05) is 12.6 Å². The average molecular weight is 184 g/mol. The van der Waals surface area contributed by atoms with Crippen LogP contribution in [0.4, 0.5) is 0 Å². The van der Waals surface area contributed by atoms with Crippen LogP contribution in [0.2, 0.25) is 0 Å². The summed E-state index contributed by atoms with van der Waals surface area (Å²) in [6.45, 7) is 6.63. The van der Waals surface area contributed by atoms with E-state index in [1.54, 1.807) is 0 Å². The minimum Gasteiger partial charge on any atom is -0.330 e. The van der Waals surface area contributed by atoms with E-state index in [9.17, 15) is 0 Å². The van der Waals surface area contributed by atoms with Crippen LogP contribution in [-0.4, -0.2) is 31.1 Å². The molecule has 1 saturated carbocycles. The highest BCUT2D eigenvalue weighted by atomic mass is 15.1. The maximum absolute atomic E-state index is 5.59. The molecule has 0 atom stereocenters. The van der Waals surface area contributed by atoms with Crippen molar-refractivity contribution >= 4 is 0 Å². The highest BCUT2D eigenvalue weighted by Gasteiger charge is 2.26. The second kappa shape index (κ2) is 4.43. The molecule has 0 aromatic carbocycles. The van der Waals surface area contributed by atoms with E-state index in [0.717, 1.165) is 19.0 Å². The first-order valence-corrected chi connectivity index (χ1v) is 5.45. The maximum Gasteiger partial charge on any atom is 0.00924 e. The zero-order chi connectivity index (χ0) is 9.90. The van der Waals surface area contributed by atoms with Crippen LogP contribution in [0.1, 0.15) is 39.5 Å². The van der Waals surface area contributed by atoms with Crippen molar-refractivity contribution in [3.05, 3.63) is 0 Å². The molecule has 2 nitrogen and oxygen atoms in total. The Morgan fingerprint density at radius 2 is 2.00 bits per heavy atom. The van der Waals surface area contributed by atoms with Crippen molar-refractivity contribution in [2.75, 3.05) is 20.1 Å². The van der Waals surface area contributed by atoms with Crippen LogP contribution in [-0.2, 0) is 0 Å². The summed E-state index contributed by atoms with van der Waals surface area (Å²) in [5.74, 6) is 0. The molecule has 0 heterocycles. The summed E-state index contributed by atoms with van der Waals surface area (Å²) >= 11 is 0. The Hall–Kier alpha value is -0.0800. The Morgan fingerprint density at radius 3 is 2.38 bits per heavy atom. The van der Waals surface area contributed by atoms with Gasteiger partial charge in [0.05, 0.1) is 0 Å². The molecule has 0 unspecified atom stereocenters. The van der Waals surface area contributed by atoms with E-state index in [4.69, 9.17) is 5.73 Å². The van der Waals surface area contributed by atoms with E-state index in [1.807, 2.05) is 0 Å². The first-order chi connectivity index (χ1) is 6.05. The first kappa shape index (κ1) is 11.0. The molecule has 1 aliphatic rings. The molecular weight excluding hydrogens is 160 g/mol. The monoisotopic (exact) mass is 184 g/mol. The minimum absolute atomic E-state index is 0.388. The fourth-order valence-corrected chi connectivity index (χ4v) is 2.10. The summed E-state index contributed by atoms with van der Waals surface area (Å²) < 4.78 is 0. The number of hydrogen-bond donors (Lipinski definition) is 1. The van der Waals surface area contributed by atoms with Crippen LogP contribution < -0.4 is 5.73 Å². The third kappa shape index (κ3) is 3.28. The van der Waals surface area contributed by atoms with Gasteiger partial charge >= 0.3 is 0 Å². The molecule has 1 fully saturated rings. The SMILES string of the molecule is CN(CC(C)(C)CCN)C1CCC1. The van der Waals surface area contributed by atoms with Crippen molar-refractivity contribution in [2.45, 2.75) is 45.6 Å². The standard InChI is InChI=1S/C11H24N2/c1-11(2,7-8-12)9-13(3)10-5-4-6-10/h10H,4-9,12H2,1-3H3. The van der Waals surface area contributed by atoms with Gasteiger partial charge in [0.25, 0.3) is 0 Å². The molecule has 1 aliphatic carbocycles. The van der Waals surface area contributed by atoms with Crippen molar-refractivity contribution in [2.24, 2.45) is 11.1 Å². The summed E-state index contributed by atoms with van der Waals surface area (Å²) in [7, 11) is 2.25. The van der Waals surface area contributed by atoms with Gasteiger partial charge in [-0.1, -0.05) is 20.3 Å². The molecule has 0 bridgehead atoms. The summed E-state index contributed by atoms with van der Waals surface area (Å²) in [6.07, 6.45) is 5.35. The summed E-state index contributed by atoms with van der Waals surface area (Å²) in [5.41, 5.74) is 5.98. The van der Waals surface area contributed by atoms with Crippen LogP contribution in [0.15, 0.2) is 0 Å². The van der Waals surface area contributed by atoms with E-state index in [0.29, 0.717) is 5.41 Å². The quantitative estimate of drug-likeness (QED) is 0.706. The minimum atomic E-state index is 0.388. The Labute approximate surface area is 82.5 Å². The molecular formula is C11H24N2. The Morgan fingerprint density at radius 1 is 1.38 bits per heavy atom. The van der Waals surface area contributed by atoms with Gasteiger partial charge in [-0.05, 0) is 38.3 Å². The van der Waals surface area contributed by atoms with Crippen LogP contribution in [0.25, 0.3) is 0 Å². The Balaban J connectivity index is 2.28. The predicted octanol–water partition coefficient (Wildman–Crippen LogP) is 1.85. The smallest absolute Gasteiger partial charge is 0.00924 e. The molecule has 0 saturated heterocycles. The molecule has 1 rings (SSSR count). The Kier molecular flexibility index (Phi) is 3.74. The van der Waals surface area contributed by atoms with Crippen LogP contribution in [0.5, 0.6) is 0 Å². The molecule has 0 radical (unpaired) electrons. The van der Waals surface area contributed by atoms with Gasteiger partial charge in [-0.15, -0.1) is 0 Å². The Bertz CT molecular complexity index is 150. The second-order valence-corrected chi connectivity index (χ2v) is 5.20. The summed E-state index contributed by atoms with van der Waals surface area (Å²) in [5, 5.41) is 0. The summed E-state index contributed by atoms with van der Waals surface area (Å²) in [4.78, 5) is 2.51. The van der Waals surface area contributed by atoms with Crippen molar-refractivity contribution in [1.29, 1.82) is 0 Å². The van der Waals surface area contributed by atoms with Gasteiger partial charge in [-0.3, -0.25) is 0 Å². The van der Waals surface area contributed by atoms with Crippen LogP contribution in [0, 0.1) is 5.41 Å². The lowest BCUT2D eigenvalue weighted by molar-refractivity contribution is 0.106. The van der Waals surface area contributed by atoms with Crippen LogP contribution in [0.3, 0.4) is 0 Å². The third-order valence-electron chi connectivity index (χ3n) is 3.20.